The summed E-state index contributed by atoms with van der Waals surface area (Å²) in [5.41, 5.74) is 0.731. The van der Waals surface area contributed by atoms with Crippen LogP contribution in [0.3, 0.4) is 0 Å². The third kappa shape index (κ3) is 5.82. The topological polar surface area (TPSA) is 18.5 Å². The fraction of sp³-hybridized carbons (Fsp3) is 1.00. The van der Waals surface area contributed by atoms with Gasteiger partial charge in [-0.05, 0) is 51.9 Å². The maximum atomic E-state index is 3.30. The van der Waals surface area contributed by atoms with Crippen LogP contribution < -0.4 is 5.32 Å². The minimum Gasteiger partial charge on any atom is -0.315 e. The zero-order valence-corrected chi connectivity index (χ0v) is 16.1. The number of piperidine rings is 1. The quantitative estimate of drug-likeness (QED) is 0.862. The largest absolute Gasteiger partial charge is 0.315 e. The first kappa shape index (κ1) is 19.9. The van der Waals surface area contributed by atoms with E-state index in [0.717, 1.165) is 17.3 Å². The number of likely N-dealkylation sites (tertiary alicyclic amines) is 2. The van der Waals surface area contributed by atoms with Crippen molar-refractivity contribution >= 4 is 0 Å². The summed E-state index contributed by atoms with van der Waals surface area (Å²) in [4.78, 5) is 4.83. The number of rotatable bonds is 3. The molecule has 3 saturated heterocycles. The van der Waals surface area contributed by atoms with Crippen molar-refractivity contribution in [2.45, 2.75) is 53.4 Å². The van der Waals surface area contributed by atoms with Crippen LogP contribution in [0.2, 0.25) is 0 Å². The molecule has 3 rings (SSSR count). The average molecular weight is 312 g/mol. The van der Waals surface area contributed by atoms with Crippen molar-refractivity contribution < 1.29 is 0 Å². The van der Waals surface area contributed by atoms with Gasteiger partial charge in [0.1, 0.15) is 0 Å². The van der Waals surface area contributed by atoms with Crippen LogP contribution in [0.25, 0.3) is 0 Å². The van der Waals surface area contributed by atoms with Crippen molar-refractivity contribution in [2.24, 2.45) is 17.3 Å². The molecule has 0 amide bonds. The highest BCUT2D eigenvalue weighted by Crippen LogP contribution is 2.32. The maximum absolute atomic E-state index is 3.30. The summed E-state index contributed by atoms with van der Waals surface area (Å²) in [5, 5.41) is 3.30. The second kappa shape index (κ2) is 9.89. The summed E-state index contributed by atoms with van der Waals surface area (Å²) in [6.07, 6.45) is 5.64. The zero-order chi connectivity index (χ0) is 16.6. The van der Waals surface area contributed by atoms with Gasteiger partial charge in [0.05, 0.1) is 0 Å². The van der Waals surface area contributed by atoms with E-state index in [9.17, 15) is 0 Å². The van der Waals surface area contributed by atoms with Crippen molar-refractivity contribution in [1.82, 2.24) is 15.1 Å². The van der Waals surface area contributed by atoms with Gasteiger partial charge in [-0.15, -0.1) is 0 Å². The van der Waals surface area contributed by atoms with Crippen LogP contribution in [-0.4, -0.2) is 63.2 Å². The Morgan fingerprint density at radius 1 is 1.05 bits per heavy atom. The molecular weight excluding hydrogens is 270 g/mol. The molecular formula is C19H41N3. The number of hydrogen-bond donors (Lipinski definition) is 1. The van der Waals surface area contributed by atoms with Gasteiger partial charge < -0.3 is 15.1 Å². The van der Waals surface area contributed by atoms with E-state index < -0.39 is 0 Å². The second-order valence-corrected chi connectivity index (χ2v) is 7.68. The van der Waals surface area contributed by atoms with E-state index in [4.69, 9.17) is 0 Å². The van der Waals surface area contributed by atoms with E-state index in [0.29, 0.717) is 0 Å². The van der Waals surface area contributed by atoms with Crippen LogP contribution in [0.1, 0.15) is 53.4 Å². The van der Waals surface area contributed by atoms with Gasteiger partial charge >= 0.3 is 0 Å². The summed E-state index contributed by atoms with van der Waals surface area (Å²) < 4.78 is 0. The standard InChI is InChI=1S/C11H23N.C6H12N2.C2H6/c1-4-5-10(2)11-6-8-12(3)9-7-11;1-8-4-6(5-8)2-7-3-6;1-2/h10-11H,4-9H2,1-3H3;7H,2-5H2,1H3;1-2H3. The lowest BCUT2D eigenvalue weighted by atomic mass is 9.75. The van der Waals surface area contributed by atoms with Crippen molar-refractivity contribution in [1.29, 1.82) is 0 Å². The first-order valence-electron chi connectivity index (χ1n) is 9.62. The number of nitrogens with zero attached hydrogens (tertiary/aromatic N) is 2. The first-order chi connectivity index (χ1) is 10.5. The van der Waals surface area contributed by atoms with Crippen LogP contribution in [0, 0.1) is 17.3 Å². The molecule has 3 heterocycles. The van der Waals surface area contributed by atoms with Crippen LogP contribution in [-0.2, 0) is 0 Å². The van der Waals surface area contributed by atoms with Gasteiger partial charge in [-0.3, -0.25) is 0 Å². The molecule has 0 aromatic heterocycles. The van der Waals surface area contributed by atoms with Gasteiger partial charge in [0, 0.05) is 31.6 Å². The highest BCUT2D eigenvalue weighted by atomic mass is 15.2. The lowest BCUT2D eigenvalue weighted by Gasteiger charge is -2.55. The van der Waals surface area contributed by atoms with Crippen LogP contribution in [0.4, 0.5) is 0 Å². The van der Waals surface area contributed by atoms with E-state index in [-0.39, 0.29) is 0 Å². The zero-order valence-electron chi connectivity index (χ0n) is 16.1. The normalized spacial score (nSPS) is 25.9. The molecule has 132 valence electrons. The highest BCUT2D eigenvalue weighted by molar-refractivity contribution is 5.02. The third-order valence-electron chi connectivity index (χ3n) is 5.52. The molecule has 0 saturated carbocycles. The van der Waals surface area contributed by atoms with Crippen molar-refractivity contribution in [3.63, 3.8) is 0 Å². The molecule has 22 heavy (non-hydrogen) atoms. The van der Waals surface area contributed by atoms with E-state index in [1.165, 1.54) is 65.0 Å². The SMILES string of the molecule is CC.CCCC(C)C1CCN(C)CC1.CN1CC2(CNC2)C1. The van der Waals surface area contributed by atoms with Crippen LogP contribution >= 0.6 is 0 Å². The number of hydrogen-bond acceptors (Lipinski definition) is 3. The minimum absolute atomic E-state index is 0.731. The molecule has 3 heteroatoms. The monoisotopic (exact) mass is 311 g/mol. The third-order valence-corrected chi connectivity index (χ3v) is 5.52. The Kier molecular flexibility index (Phi) is 8.96. The highest BCUT2D eigenvalue weighted by Gasteiger charge is 2.45. The molecule has 0 aromatic carbocycles. The van der Waals surface area contributed by atoms with Crippen molar-refractivity contribution in [3.8, 4) is 0 Å². The maximum Gasteiger partial charge on any atom is 0.0206 e. The predicted molar refractivity (Wildman–Crippen MR) is 98.4 cm³/mol. The summed E-state index contributed by atoms with van der Waals surface area (Å²) >= 11 is 0. The van der Waals surface area contributed by atoms with Gasteiger partial charge in [-0.25, -0.2) is 0 Å². The lowest BCUT2D eigenvalue weighted by molar-refractivity contribution is -0.0218. The number of nitrogens with one attached hydrogen (secondary N) is 1. The van der Waals surface area contributed by atoms with Gasteiger partial charge in [0.15, 0.2) is 0 Å². The summed E-state index contributed by atoms with van der Waals surface area (Å²) in [7, 11) is 4.42. The Balaban J connectivity index is 0.000000208. The Labute approximate surface area is 139 Å². The van der Waals surface area contributed by atoms with E-state index in [1.54, 1.807) is 0 Å². The van der Waals surface area contributed by atoms with Gasteiger partial charge in [0.25, 0.3) is 0 Å². The molecule has 0 radical (unpaired) electrons. The molecule has 3 aliphatic rings. The Morgan fingerprint density at radius 3 is 1.91 bits per heavy atom. The van der Waals surface area contributed by atoms with Crippen molar-refractivity contribution in [2.75, 3.05) is 53.4 Å². The second-order valence-electron chi connectivity index (χ2n) is 7.68. The molecule has 3 fully saturated rings. The van der Waals surface area contributed by atoms with E-state index in [1.807, 2.05) is 13.8 Å². The minimum atomic E-state index is 0.731. The Bertz CT molecular complexity index is 272. The molecule has 1 atom stereocenters. The van der Waals surface area contributed by atoms with Gasteiger partial charge in [0.2, 0.25) is 0 Å². The Hall–Kier alpha value is -0.120. The van der Waals surface area contributed by atoms with Crippen molar-refractivity contribution in [3.05, 3.63) is 0 Å². The van der Waals surface area contributed by atoms with E-state index in [2.05, 4.69) is 43.1 Å². The average Bonchev–Trinajstić information content (AvgIpc) is 2.46. The fourth-order valence-electron chi connectivity index (χ4n) is 4.09. The van der Waals surface area contributed by atoms with Gasteiger partial charge in [-0.1, -0.05) is 40.5 Å². The smallest absolute Gasteiger partial charge is 0.0206 e. The van der Waals surface area contributed by atoms with E-state index >= 15 is 0 Å². The Morgan fingerprint density at radius 2 is 1.59 bits per heavy atom. The molecule has 1 unspecified atom stereocenters. The summed E-state index contributed by atoms with van der Waals surface area (Å²) in [6, 6.07) is 0. The lowest BCUT2D eigenvalue weighted by Crippen LogP contribution is -2.69. The molecule has 1 N–H and O–H groups in total. The molecule has 1 spiro atoms. The molecule has 0 bridgehead atoms. The molecule has 0 aliphatic carbocycles. The molecule has 0 aromatic rings. The molecule has 3 aliphatic heterocycles. The summed E-state index contributed by atoms with van der Waals surface area (Å²) in [6.45, 7) is 16.5. The van der Waals surface area contributed by atoms with Crippen LogP contribution in [0.5, 0.6) is 0 Å². The summed E-state index contributed by atoms with van der Waals surface area (Å²) in [5.74, 6) is 1.98. The molecule has 3 nitrogen and oxygen atoms in total. The first-order valence-corrected chi connectivity index (χ1v) is 9.62. The van der Waals surface area contributed by atoms with Gasteiger partial charge in [-0.2, -0.15) is 0 Å². The predicted octanol–water partition coefficient (Wildman–Crippen LogP) is 3.31. The fourth-order valence-corrected chi connectivity index (χ4v) is 4.09. The van der Waals surface area contributed by atoms with Crippen LogP contribution in [0.15, 0.2) is 0 Å².